The zero-order chi connectivity index (χ0) is 14.0. The monoisotopic (exact) mass is 323 g/mol. The van der Waals surface area contributed by atoms with Gasteiger partial charge in [0, 0.05) is 21.9 Å². The van der Waals surface area contributed by atoms with Crippen molar-refractivity contribution in [3.05, 3.63) is 39.6 Å². The summed E-state index contributed by atoms with van der Waals surface area (Å²) in [5, 5.41) is 9.64. The van der Waals surface area contributed by atoms with E-state index in [9.17, 15) is 4.79 Å². The van der Waals surface area contributed by atoms with Crippen LogP contribution in [0.15, 0.2) is 22.7 Å². The second-order valence-corrected chi connectivity index (χ2v) is 5.06. The van der Waals surface area contributed by atoms with Gasteiger partial charge < -0.3 is 10.1 Å². The number of methoxy groups -OCH3 is 1. The Labute approximate surface area is 119 Å². The van der Waals surface area contributed by atoms with Crippen LogP contribution < -0.4 is 10.1 Å². The van der Waals surface area contributed by atoms with Crippen molar-refractivity contribution in [2.24, 2.45) is 0 Å². The number of benzene rings is 1. The molecule has 19 heavy (non-hydrogen) atoms. The number of anilines is 1. The van der Waals surface area contributed by atoms with E-state index >= 15 is 0 Å². The largest absolute Gasteiger partial charge is 0.497 e. The molecule has 0 atom stereocenters. The quantitative estimate of drug-likeness (QED) is 0.912. The van der Waals surface area contributed by atoms with Gasteiger partial charge in [0.2, 0.25) is 0 Å². The van der Waals surface area contributed by atoms with E-state index in [2.05, 4.69) is 31.4 Å². The van der Waals surface area contributed by atoms with Gasteiger partial charge in [0.15, 0.2) is 0 Å². The van der Waals surface area contributed by atoms with Crippen LogP contribution in [0.25, 0.3) is 0 Å². The number of rotatable bonds is 3. The first-order valence-electron chi connectivity index (χ1n) is 5.68. The van der Waals surface area contributed by atoms with Crippen LogP contribution in [-0.4, -0.2) is 23.2 Å². The van der Waals surface area contributed by atoms with Crippen LogP contribution in [0, 0.1) is 13.8 Å². The first kappa shape index (κ1) is 13.6. The van der Waals surface area contributed by atoms with E-state index < -0.39 is 0 Å². The van der Waals surface area contributed by atoms with Gasteiger partial charge in [-0.05, 0) is 26.0 Å². The molecule has 0 saturated carbocycles. The Hall–Kier alpha value is -1.82. The second kappa shape index (κ2) is 5.44. The van der Waals surface area contributed by atoms with Crippen LogP contribution in [0.1, 0.15) is 21.7 Å². The number of nitrogens with zero attached hydrogens (tertiary/aromatic N) is 1. The molecule has 2 aromatic rings. The third-order valence-corrected chi connectivity index (χ3v) is 3.18. The highest BCUT2D eigenvalue weighted by atomic mass is 79.9. The zero-order valence-electron chi connectivity index (χ0n) is 10.9. The number of hydrogen-bond donors (Lipinski definition) is 2. The summed E-state index contributed by atoms with van der Waals surface area (Å²) >= 11 is 3.37. The van der Waals surface area contributed by atoms with Crippen LogP contribution in [0.3, 0.4) is 0 Å². The molecule has 0 aliphatic carbocycles. The molecule has 5 nitrogen and oxygen atoms in total. The molecule has 0 fully saturated rings. The maximum absolute atomic E-state index is 12.2. The number of nitrogens with one attached hydrogen (secondary N) is 2. The van der Waals surface area contributed by atoms with Crippen LogP contribution in [-0.2, 0) is 0 Å². The van der Waals surface area contributed by atoms with Crippen molar-refractivity contribution >= 4 is 27.5 Å². The van der Waals surface area contributed by atoms with Crippen LogP contribution in [0.2, 0.25) is 0 Å². The van der Waals surface area contributed by atoms with Crippen LogP contribution in [0.4, 0.5) is 5.69 Å². The first-order valence-corrected chi connectivity index (χ1v) is 6.48. The summed E-state index contributed by atoms with van der Waals surface area (Å²) in [6.45, 7) is 3.61. The van der Waals surface area contributed by atoms with Gasteiger partial charge >= 0.3 is 0 Å². The summed E-state index contributed by atoms with van der Waals surface area (Å²) in [6.07, 6.45) is 0. The lowest BCUT2D eigenvalue weighted by molar-refractivity contribution is 0.102. The van der Waals surface area contributed by atoms with Crippen molar-refractivity contribution in [1.29, 1.82) is 0 Å². The summed E-state index contributed by atoms with van der Waals surface area (Å²) in [4.78, 5) is 12.2. The molecular formula is C13H14BrN3O2. The van der Waals surface area contributed by atoms with Gasteiger partial charge in [0.05, 0.1) is 18.4 Å². The number of carbonyl (C=O) groups excluding carboxylic acids is 1. The van der Waals surface area contributed by atoms with Crippen molar-refractivity contribution < 1.29 is 9.53 Å². The van der Waals surface area contributed by atoms with E-state index in [1.165, 1.54) is 0 Å². The minimum absolute atomic E-state index is 0.191. The highest BCUT2D eigenvalue weighted by Crippen LogP contribution is 2.25. The molecule has 6 heteroatoms. The predicted molar refractivity (Wildman–Crippen MR) is 76.7 cm³/mol. The van der Waals surface area contributed by atoms with E-state index in [-0.39, 0.29) is 5.91 Å². The van der Waals surface area contributed by atoms with Crippen molar-refractivity contribution in [1.82, 2.24) is 10.2 Å². The highest BCUT2D eigenvalue weighted by Gasteiger charge is 2.15. The Morgan fingerprint density at radius 3 is 2.68 bits per heavy atom. The number of carbonyl (C=O) groups is 1. The predicted octanol–water partition coefficient (Wildman–Crippen LogP) is 3.05. The van der Waals surface area contributed by atoms with Gasteiger partial charge in [0.1, 0.15) is 5.75 Å². The van der Waals surface area contributed by atoms with Crippen molar-refractivity contribution in [3.8, 4) is 5.75 Å². The minimum Gasteiger partial charge on any atom is -0.497 e. The van der Waals surface area contributed by atoms with E-state index in [0.29, 0.717) is 22.7 Å². The fraction of sp³-hybridized carbons (Fsp3) is 0.231. The average Bonchev–Trinajstić information content (AvgIpc) is 2.68. The molecule has 1 aromatic carbocycles. The van der Waals surface area contributed by atoms with Crippen LogP contribution >= 0.6 is 15.9 Å². The molecule has 1 aromatic heterocycles. The molecular weight excluding hydrogens is 310 g/mol. The Kier molecular flexibility index (Phi) is 3.90. The molecule has 0 saturated heterocycles. The SMILES string of the molecule is COc1cc(Br)cc(NC(=O)c2c(C)n[nH]c2C)c1. The Bertz CT molecular complexity index is 603. The van der Waals surface area contributed by atoms with E-state index in [1.54, 1.807) is 20.1 Å². The molecule has 2 N–H and O–H groups in total. The molecule has 0 aliphatic heterocycles. The summed E-state index contributed by atoms with van der Waals surface area (Å²) in [6, 6.07) is 5.39. The topological polar surface area (TPSA) is 67.0 Å². The number of aromatic nitrogens is 2. The number of amides is 1. The number of ether oxygens (including phenoxy) is 1. The van der Waals surface area contributed by atoms with Gasteiger partial charge in [0.25, 0.3) is 5.91 Å². The summed E-state index contributed by atoms with van der Waals surface area (Å²) < 4.78 is 5.99. The molecule has 1 heterocycles. The fourth-order valence-electron chi connectivity index (χ4n) is 1.83. The van der Waals surface area contributed by atoms with Crippen molar-refractivity contribution in [2.45, 2.75) is 13.8 Å². The Morgan fingerprint density at radius 1 is 1.37 bits per heavy atom. The third-order valence-electron chi connectivity index (χ3n) is 2.72. The molecule has 100 valence electrons. The number of halogens is 1. The van der Waals surface area contributed by atoms with E-state index in [1.807, 2.05) is 19.1 Å². The third kappa shape index (κ3) is 2.96. The molecule has 0 bridgehead atoms. The molecule has 0 spiro atoms. The number of hydrogen-bond acceptors (Lipinski definition) is 3. The summed E-state index contributed by atoms with van der Waals surface area (Å²) in [7, 11) is 1.58. The van der Waals surface area contributed by atoms with Gasteiger partial charge in [-0.2, -0.15) is 5.10 Å². The second-order valence-electron chi connectivity index (χ2n) is 4.14. The highest BCUT2D eigenvalue weighted by molar-refractivity contribution is 9.10. The molecule has 0 unspecified atom stereocenters. The summed E-state index contributed by atoms with van der Waals surface area (Å²) in [5.41, 5.74) is 2.66. The van der Waals surface area contributed by atoms with E-state index in [0.717, 1.165) is 10.2 Å². The van der Waals surface area contributed by atoms with Crippen molar-refractivity contribution in [2.75, 3.05) is 12.4 Å². The molecule has 0 radical (unpaired) electrons. The lowest BCUT2D eigenvalue weighted by Crippen LogP contribution is -2.13. The minimum atomic E-state index is -0.191. The smallest absolute Gasteiger partial charge is 0.259 e. The number of aryl methyl sites for hydroxylation is 2. The van der Waals surface area contributed by atoms with Gasteiger partial charge in [-0.3, -0.25) is 9.89 Å². The standard InChI is InChI=1S/C13H14BrN3O2/c1-7-12(8(2)17-16-7)13(18)15-10-4-9(14)5-11(6-10)19-3/h4-6H,1-3H3,(H,15,18)(H,16,17). The summed E-state index contributed by atoms with van der Waals surface area (Å²) in [5.74, 6) is 0.481. The lowest BCUT2D eigenvalue weighted by Gasteiger charge is -2.08. The molecule has 0 aliphatic rings. The number of H-pyrrole nitrogens is 1. The average molecular weight is 324 g/mol. The lowest BCUT2D eigenvalue weighted by atomic mass is 10.2. The van der Waals surface area contributed by atoms with Gasteiger partial charge in [-0.25, -0.2) is 0 Å². The Balaban J connectivity index is 2.26. The normalized spacial score (nSPS) is 10.3. The molecule has 2 rings (SSSR count). The zero-order valence-corrected chi connectivity index (χ0v) is 12.5. The van der Waals surface area contributed by atoms with Crippen molar-refractivity contribution in [3.63, 3.8) is 0 Å². The first-order chi connectivity index (χ1) is 9.01. The maximum Gasteiger partial charge on any atom is 0.259 e. The van der Waals surface area contributed by atoms with Crippen LogP contribution in [0.5, 0.6) is 5.75 Å². The maximum atomic E-state index is 12.2. The number of aromatic amines is 1. The van der Waals surface area contributed by atoms with Gasteiger partial charge in [-0.1, -0.05) is 15.9 Å². The Morgan fingerprint density at radius 2 is 2.11 bits per heavy atom. The molecule has 1 amide bonds. The fourth-order valence-corrected chi connectivity index (χ4v) is 2.30. The van der Waals surface area contributed by atoms with E-state index in [4.69, 9.17) is 4.74 Å². The van der Waals surface area contributed by atoms with Gasteiger partial charge in [-0.15, -0.1) is 0 Å².